The van der Waals surface area contributed by atoms with Crippen molar-refractivity contribution in [2.24, 2.45) is 5.73 Å². The van der Waals surface area contributed by atoms with Gasteiger partial charge < -0.3 is 15.3 Å². The lowest BCUT2D eigenvalue weighted by Crippen LogP contribution is -2.15. The molecule has 0 aromatic carbocycles. The molecule has 0 rings (SSSR count). The lowest BCUT2D eigenvalue weighted by Gasteiger charge is -2.14. The second kappa shape index (κ2) is 7.69. The van der Waals surface area contributed by atoms with Crippen LogP contribution in [0.1, 0.15) is 27.2 Å². The van der Waals surface area contributed by atoms with E-state index in [1.165, 1.54) is 0 Å². The van der Waals surface area contributed by atoms with Crippen LogP contribution in [-0.2, 0) is 9.53 Å². The largest absolute Gasteiger partial charge is 0.379 e. The Kier molecular flexibility index (Phi) is 9.23. The van der Waals surface area contributed by atoms with E-state index in [0.29, 0.717) is 13.0 Å². The van der Waals surface area contributed by atoms with E-state index in [1.807, 2.05) is 20.8 Å². The first kappa shape index (κ1) is 13.2. The lowest BCUT2D eigenvalue weighted by atomic mass is 10.2. The Morgan fingerprint density at radius 1 is 1.45 bits per heavy atom. The molecule has 0 heterocycles. The Hall–Kier alpha value is -0.410. The minimum atomic E-state index is 0.0417. The number of carbonyl (C=O) groups is 1. The van der Waals surface area contributed by atoms with Crippen LogP contribution in [0.25, 0.3) is 0 Å². The van der Waals surface area contributed by atoms with Crippen molar-refractivity contribution in [1.29, 1.82) is 0 Å². The predicted octanol–water partition coefficient (Wildman–Crippen LogP) is 0.965. The summed E-state index contributed by atoms with van der Waals surface area (Å²) in [6.45, 7) is 6.54. The van der Waals surface area contributed by atoms with Crippen LogP contribution < -0.4 is 5.73 Å². The fourth-order valence-corrected chi connectivity index (χ4v) is 0.0680. The molecule has 0 saturated carbocycles. The van der Waals surface area contributed by atoms with Gasteiger partial charge in [-0.15, -0.1) is 0 Å². The van der Waals surface area contributed by atoms with E-state index in [1.54, 1.807) is 7.11 Å². The van der Waals surface area contributed by atoms with Crippen LogP contribution in [-0.4, -0.2) is 25.5 Å². The van der Waals surface area contributed by atoms with E-state index >= 15 is 0 Å². The minimum absolute atomic E-state index is 0.0417. The van der Waals surface area contributed by atoms with Crippen molar-refractivity contribution >= 4 is 6.29 Å². The third-order valence-electron chi connectivity index (χ3n) is 0.897. The molecule has 68 valence electrons. The first-order valence-electron chi connectivity index (χ1n) is 3.66. The Bertz CT molecular complexity index is 86.6. The van der Waals surface area contributed by atoms with Gasteiger partial charge in [-0.05, 0) is 27.3 Å². The number of methoxy groups -OCH3 is 1. The number of nitrogens with two attached hydrogens (primary N) is 1. The maximum Gasteiger partial charge on any atom is 0.121 e. The Morgan fingerprint density at radius 2 is 1.82 bits per heavy atom. The summed E-state index contributed by atoms with van der Waals surface area (Å²) in [6, 6.07) is 0. The van der Waals surface area contributed by atoms with Crippen molar-refractivity contribution in [3.63, 3.8) is 0 Å². The predicted molar refractivity (Wildman–Crippen MR) is 46.5 cm³/mol. The topological polar surface area (TPSA) is 52.3 Å². The summed E-state index contributed by atoms with van der Waals surface area (Å²) in [4.78, 5) is 9.32. The van der Waals surface area contributed by atoms with Gasteiger partial charge in [-0.3, -0.25) is 0 Å². The Morgan fingerprint density at radius 3 is 1.82 bits per heavy atom. The van der Waals surface area contributed by atoms with E-state index in [2.05, 4.69) is 0 Å². The summed E-state index contributed by atoms with van der Waals surface area (Å²) in [5.41, 5.74) is 4.95. The molecule has 0 aromatic rings. The van der Waals surface area contributed by atoms with Crippen molar-refractivity contribution in [1.82, 2.24) is 0 Å². The fraction of sp³-hybridized carbons (Fsp3) is 0.875. The first-order chi connectivity index (χ1) is 4.97. The molecular weight excluding hydrogens is 142 g/mol. The summed E-state index contributed by atoms with van der Waals surface area (Å²) in [7, 11) is 1.71. The molecule has 3 nitrogen and oxygen atoms in total. The molecule has 0 amide bonds. The molecule has 0 radical (unpaired) electrons. The number of carbonyl (C=O) groups excluding carboxylic acids is 1. The van der Waals surface area contributed by atoms with Crippen LogP contribution in [0.3, 0.4) is 0 Å². The monoisotopic (exact) mass is 161 g/mol. The van der Waals surface area contributed by atoms with Crippen molar-refractivity contribution in [2.45, 2.75) is 32.8 Å². The molecule has 0 aliphatic rings. The smallest absolute Gasteiger partial charge is 0.121 e. The number of hydrogen-bond acceptors (Lipinski definition) is 3. The maximum atomic E-state index is 9.32. The number of ether oxygens (including phenoxy) is 1. The molecule has 0 aromatic heterocycles. The summed E-state index contributed by atoms with van der Waals surface area (Å²) < 4.78 is 4.94. The van der Waals surface area contributed by atoms with Crippen molar-refractivity contribution in [2.75, 3.05) is 13.7 Å². The summed E-state index contributed by atoms with van der Waals surface area (Å²) in [6.07, 6.45) is 1.29. The molecule has 3 heteroatoms. The SMILES string of the molecule is COC(C)(C)C.NCCC=O. The van der Waals surface area contributed by atoms with Crippen LogP contribution in [0.2, 0.25) is 0 Å². The molecule has 0 atom stereocenters. The average molecular weight is 161 g/mol. The molecule has 0 aliphatic heterocycles. The minimum Gasteiger partial charge on any atom is -0.379 e. The zero-order valence-corrected chi connectivity index (χ0v) is 7.89. The maximum absolute atomic E-state index is 9.32. The van der Waals surface area contributed by atoms with E-state index < -0.39 is 0 Å². The van der Waals surface area contributed by atoms with Gasteiger partial charge in [-0.25, -0.2) is 0 Å². The summed E-state index contributed by atoms with van der Waals surface area (Å²) >= 11 is 0. The van der Waals surface area contributed by atoms with Crippen LogP contribution >= 0.6 is 0 Å². The molecule has 11 heavy (non-hydrogen) atoms. The second-order valence-electron chi connectivity index (χ2n) is 3.06. The van der Waals surface area contributed by atoms with Gasteiger partial charge in [-0.2, -0.15) is 0 Å². The molecule has 2 N–H and O–H groups in total. The lowest BCUT2D eigenvalue weighted by molar-refractivity contribution is -0.107. The highest BCUT2D eigenvalue weighted by Crippen LogP contribution is 2.02. The van der Waals surface area contributed by atoms with Crippen LogP contribution in [0.15, 0.2) is 0 Å². The third kappa shape index (κ3) is 26.2. The highest BCUT2D eigenvalue weighted by Gasteiger charge is 2.03. The molecule has 0 unspecified atom stereocenters. The van der Waals surface area contributed by atoms with Gasteiger partial charge in [0.15, 0.2) is 0 Å². The normalized spacial score (nSPS) is 9.91. The molecule has 0 fully saturated rings. The van der Waals surface area contributed by atoms with E-state index in [-0.39, 0.29) is 5.60 Å². The van der Waals surface area contributed by atoms with Gasteiger partial charge >= 0.3 is 0 Å². The van der Waals surface area contributed by atoms with Crippen molar-refractivity contribution in [3.8, 4) is 0 Å². The molecule has 0 saturated heterocycles. The fourth-order valence-electron chi connectivity index (χ4n) is 0.0680. The molecule has 0 spiro atoms. The number of rotatable bonds is 2. The van der Waals surface area contributed by atoms with Crippen LogP contribution in [0, 0.1) is 0 Å². The van der Waals surface area contributed by atoms with Crippen molar-refractivity contribution in [3.05, 3.63) is 0 Å². The van der Waals surface area contributed by atoms with Crippen LogP contribution in [0.5, 0.6) is 0 Å². The quantitative estimate of drug-likeness (QED) is 0.614. The molecule has 0 aliphatic carbocycles. The first-order valence-corrected chi connectivity index (χ1v) is 3.66. The highest BCUT2D eigenvalue weighted by molar-refractivity contribution is 5.49. The van der Waals surface area contributed by atoms with Crippen molar-refractivity contribution < 1.29 is 9.53 Å². The van der Waals surface area contributed by atoms with Gasteiger partial charge in [0.2, 0.25) is 0 Å². The second-order valence-corrected chi connectivity index (χ2v) is 3.06. The molecule has 0 bridgehead atoms. The Labute approximate surface area is 68.9 Å². The standard InChI is InChI=1S/C5H12O.C3H7NO/c1-5(2,3)6-4;4-2-1-3-5/h1-4H3;3H,1-2,4H2. The Balaban J connectivity index is 0. The van der Waals surface area contributed by atoms with E-state index in [0.717, 1.165) is 6.29 Å². The van der Waals surface area contributed by atoms with Crippen LogP contribution in [0.4, 0.5) is 0 Å². The number of hydrogen-bond donors (Lipinski definition) is 1. The molecular formula is C8H19NO2. The zero-order chi connectivity index (χ0) is 9.33. The van der Waals surface area contributed by atoms with Gasteiger partial charge in [0.25, 0.3) is 0 Å². The average Bonchev–Trinajstić information content (AvgIpc) is 1.90. The van der Waals surface area contributed by atoms with Gasteiger partial charge in [-0.1, -0.05) is 0 Å². The van der Waals surface area contributed by atoms with E-state index in [9.17, 15) is 4.79 Å². The highest BCUT2D eigenvalue weighted by atomic mass is 16.5. The summed E-state index contributed by atoms with van der Waals surface area (Å²) in [5.74, 6) is 0. The van der Waals surface area contributed by atoms with E-state index in [4.69, 9.17) is 10.5 Å². The third-order valence-corrected chi connectivity index (χ3v) is 0.897. The van der Waals surface area contributed by atoms with Gasteiger partial charge in [0.1, 0.15) is 6.29 Å². The summed E-state index contributed by atoms with van der Waals surface area (Å²) in [5, 5.41) is 0. The van der Waals surface area contributed by atoms with Gasteiger partial charge in [0, 0.05) is 13.5 Å². The zero-order valence-electron chi connectivity index (χ0n) is 7.89. The van der Waals surface area contributed by atoms with Gasteiger partial charge in [0.05, 0.1) is 5.60 Å². The number of aldehydes is 1.